The van der Waals surface area contributed by atoms with E-state index in [9.17, 15) is 19.5 Å². The van der Waals surface area contributed by atoms with Crippen molar-refractivity contribution in [1.82, 2.24) is 5.32 Å². The largest absolute Gasteiger partial charge is 0.505 e. The van der Waals surface area contributed by atoms with Crippen LogP contribution in [0.5, 0.6) is 5.75 Å². The van der Waals surface area contributed by atoms with Crippen molar-refractivity contribution in [3.63, 3.8) is 0 Å². The first-order valence-electron chi connectivity index (χ1n) is 9.09. The molecule has 1 amide bonds. The number of rotatable bonds is 6. The predicted molar refractivity (Wildman–Crippen MR) is 116 cm³/mol. The number of amides is 1. The molecule has 4 N–H and O–H groups in total. The highest BCUT2D eigenvalue weighted by Crippen LogP contribution is 2.39. The summed E-state index contributed by atoms with van der Waals surface area (Å²) < 4.78 is 0. The maximum Gasteiger partial charge on any atom is 0.254 e. The van der Waals surface area contributed by atoms with Crippen LogP contribution in [0.25, 0.3) is 0 Å². The lowest BCUT2D eigenvalue weighted by molar-refractivity contribution is 0.0960. The summed E-state index contributed by atoms with van der Waals surface area (Å²) >= 11 is 1.57. The maximum atomic E-state index is 12.3. The van der Waals surface area contributed by atoms with Crippen molar-refractivity contribution in [2.75, 3.05) is 17.7 Å². The van der Waals surface area contributed by atoms with Crippen LogP contribution >= 0.6 is 11.3 Å². The van der Waals surface area contributed by atoms with Crippen LogP contribution < -0.4 is 26.8 Å². The van der Waals surface area contributed by atoms with Crippen LogP contribution in [0, 0.1) is 5.41 Å². The van der Waals surface area contributed by atoms with Crippen molar-refractivity contribution < 1.29 is 9.90 Å². The average Bonchev–Trinajstić information content (AvgIpc) is 3.20. The van der Waals surface area contributed by atoms with E-state index >= 15 is 0 Å². The molecule has 8 heteroatoms. The third-order valence-corrected chi connectivity index (χ3v) is 5.60. The van der Waals surface area contributed by atoms with E-state index in [0.29, 0.717) is 0 Å². The zero-order valence-corrected chi connectivity index (χ0v) is 17.4. The fraction of sp³-hybridized carbons (Fsp3) is 0.286. The number of anilines is 3. The quantitative estimate of drug-likeness (QED) is 0.365. The number of thiophene rings is 1. The number of hydrogen-bond acceptors (Lipinski definition) is 7. The topological polar surface area (TPSA) is 108 Å². The van der Waals surface area contributed by atoms with E-state index in [1.807, 2.05) is 38.3 Å². The number of benzene rings is 1. The second-order valence-electron chi connectivity index (χ2n) is 7.77. The van der Waals surface area contributed by atoms with Gasteiger partial charge in [0.15, 0.2) is 5.75 Å². The number of phenols is 1. The number of carbonyl (C=O) groups excluding carboxylic acids is 1. The Kier molecular flexibility index (Phi) is 5.48. The summed E-state index contributed by atoms with van der Waals surface area (Å²) in [5.74, 6) is -0.753. The van der Waals surface area contributed by atoms with E-state index in [4.69, 9.17) is 0 Å². The average molecular weight is 413 g/mol. The molecule has 1 heterocycles. The molecule has 0 spiro atoms. The van der Waals surface area contributed by atoms with Crippen LogP contribution in [0.1, 0.15) is 42.0 Å². The van der Waals surface area contributed by atoms with Gasteiger partial charge in [0.05, 0.1) is 17.3 Å². The van der Waals surface area contributed by atoms with Gasteiger partial charge in [-0.2, -0.15) is 0 Å². The lowest BCUT2D eigenvalue weighted by Crippen LogP contribution is -2.39. The number of nitrogens with one attached hydrogen (secondary N) is 3. The smallest absolute Gasteiger partial charge is 0.254 e. The number of aromatic hydroxyl groups is 1. The van der Waals surface area contributed by atoms with Gasteiger partial charge in [0.1, 0.15) is 11.4 Å². The van der Waals surface area contributed by atoms with Crippen molar-refractivity contribution >= 4 is 34.3 Å². The van der Waals surface area contributed by atoms with Gasteiger partial charge in [-0.05, 0) is 29.0 Å². The fourth-order valence-corrected chi connectivity index (χ4v) is 4.08. The molecule has 0 unspecified atom stereocenters. The minimum Gasteiger partial charge on any atom is -0.505 e. The van der Waals surface area contributed by atoms with Crippen molar-refractivity contribution in [1.29, 1.82) is 0 Å². The normalized spacial score (nSPS) is 12.6. The third-order valence-electron chi connectivity index (χ3n) is 4.66. The van der Waals surface area contributed by atoms with Crippen molar-refractivity contribution in [2.24, 2.45) is 5.41 Å². The van der Waals surface area contributed by atoms with Gasteiger partial charge < -0.3 is 21.1 Å². The summed E-state index contributed by atoms with van der Waals surface area (Å²) in [5, 5.41) is 20.8. The first-order chi connectivity index (χ1) is 13.6. The molecule has 29 heavy (non-hydrogen) atoms. The van der Waals surface area contributed by atoms with Crippen LogP contribution in [0.4, 0.5) is 17.1 Å². The number of carbonyl (C=O) groups is 1. The lowest BCUT2D eigenvalue weighted by atomic mass is 9.85. The van der Waals surface area contributed by atoms with Crippen molar-refractivity contribution in [3.8, 4) is 5.75 Å². The van der Waals surface area contributed by atoms with Gasteiger partial charge in [-0.3, -0.25) is 14.4 Å². The molecule has 0 aliphatic heterocycles. The second-order valence-corrected chi connectivity index (χ2v) is 8.75. The highest BCUT2D eigenvalue weighted by Gasteiger charge is 2.31. The summed E-state index contributed by atoms with van der Waals surface area (Å²) in [6.07, 6.45) is 0. The van der Waals surface area contributed by atoms with Gasteiger partial charge in [0, 0.05) is 11.9 Å². The molecular formula is C21H23N3O4S. The molecule has 2 aromatic carbocycles. The summed E-state index contributed by atoms with van der Waals surface area (Å²) in [4.78, 5) is 37.4. The van der Waals surface area contributed by atoms with Gasteiger partial charge in [-0.1, -0.05) is 32.9 Å². The molecule has 0 aliphatic rings. The van der Waals surface area contributed by atoms with Crippen LogP contribution in [-0.2, 0) is 0 Å². The SMILES string of the molecule is CNC(=O)c1cccc(Nc2c(N[C@@H](c3cccs3)C(C)(C)C)c(=O)c2=O)c1O. The Balaban J connectivity index is 1.95. The monoisotopic (exact) mass is 413 g/mol. The Bertz CT molecular complexity index is 1110. The highest BCUT2D eigenvalue weighted by atomic mass is 32.1. The second kappa shape index (κ2) is 7.71. The third kappa shape index (κ3) is 3.88. The molecule has 0 saturated heterocycles. The molecule has 0 aliphatic carbocycles. The first-order valence-corrected chi connectivity index (χ1v) is 9.97. The van der Waals surface area contributed by atoms with Crippen LogP contribution in [0.3, 0.4) is 0 Å². The Morgan fingerprint density at radius 1 is 1.07 bits per heavy atom. The van der Waals surface area contributed by atoms with E-state index in [1.54, 1.807) is 17.4 Å². The summed E-state index contributed by atoms with van der Waals surface area (Å²) in [7, 11) is 1.46. The Hall–Kier alpha value is -3.13. The van der Waals surface area contributed by atoms with E-state index < -0.39 is 16.8 Å². The minimum atomic E-state index is -0.670. The molecular weight excluding hydrogens is 390 g/mol. The summed E-state index contributed by atoms with van der Waals surface area (Å²) in [6, 6.07) is 8.30. The van der Waals surface area contributed by atoms with Crippen LogP contribution in [0.15, 0.2) is 45.3 Å². The molecule has 1 atom stereocenters. The van der Waals surface area contributed by atoms with Gasteiger partial charge in [-0.25, -0.2) is 0 Å². The van der Waals surface area contributed by atoms with Gasteiger partial charge >= 0.3 is 0 Å². The van der Waals surface area contributed by atoms with Crippen LogP contribution in [-0.4, -0.2) is 18.1 Å². The lowest BCUT2D eigenvalue weighted by Gasteiger charge is -2.32. The van der Waals surface area contributed by atoms with Gasteiger partial charge in [0.25, 0.3) is 16.8 Å². The van der Waals surface area contributed by atoms with E-state index in [0.717, 1.165) is 4.88 Å². The standard InChI is InChI=1S/C21H23N3O4S/c1-21(2,3)19(13-9-6-10-29-13)24-15-14(17(26)18(15)27)23-12-8-5-7-11(16(12)25)20(28)22-4/h5-10,19,23-25H,1-4H3,(H,22,28)/t19-/m0/s1. The van der Waals surface area contributed by atoms with Gasteiger partial charge in [-0.15, -0.1) is 11.3 Å². The molecule has 7 nitrogen and oxygen atoms in total. The van der Waals surface area contributed by atoms with Gasteiger partial charge in [0.2, 0.25) is 0 Å². The zero-order chi connectivity index (χ0) is 21.3. The molecule has 3 aromatic rings. The minimum absolute atomic E-state index is 0.0665. The van der Waals surface area contributed by atoms with Crippen LogP contribution in [0.2, 0.25) is 0 Å². The highest BCUT2D eigenvalue weighted by molar-refractivity contribution is 7.10. The van der Waals surface area contributed by atoms with Crippen molar-refractivity contribution in [3.05, 3.63) is 66.6 Å². The summed E-state index contributed by atoms with van der Waals surface area (Å²) in [6.45, 7) is 6.13. The van der Waals surface area contributed by atoms with Crippen molar-refractivity contribution in [2.45, 2.75) is 26.8 Å². The number of hydrogen-bond donors (Lipinski definition) is 4. The van der Waals surface area contributed by atoms with E-state index in [1.165, 1.54) is 19.2 Å². The molecule has 0 saturated carbocycles. The molecule has 0 fully saturated rings. The van der Waals surface area contributed by atoms with E-state index in [-0.39, 0.29) is 39.8 Å². The number of para-hydroxylation sites is 1. The number of phenolic OH excluding ortho intramolecular Hbond substituents is 1. The maximum absolute atomic E-state index is 12.3. The van der Waals surface area contributed by atoms with E-state index in [2.05, 4.69) is 16.0 Å². The Morgan fingerprint density at radius 3 is 2.34 bits per heavy atom. The molecule has 3 rings (SSSR count). The molecule has 1 aromatic heterocycles. The predicted octanol–water partition coefficient (Wildman–Crippen LogP) is 3.35. The Labute approximate surface area is 172 Å². The molecule has 152 valence electrons. The molecule has 0 radical (unpaired) electrons. The fourth-order valence-electron chi connectivity index (χ4n) is 3.06. The Morgan fingerprint density at radius 2 is 1.76 bits per heavy atom. The first kappa shape index (κ1) is 20.6. The molecule has 0 bridgehead atoms. The summed E-state index contributed by atoms with van der Waals surface area (Å²) in [5.41, 5.74) is -1.01. The zero-order valence-electron chi connectivity index (χ0n) is 16.6.